The monoisotopic (exact) mass is 299 g/mol. The molecule has 2 N–H and O–H groups in total. The molecule has 0 saturated heterocycles. The first-order valence-electron chi connectivity index (χ1n) is 7.64. The van der Waals surface area contributed by atoms with Crippen LogP contribution < -0.4 is 10.6 Å². The largest absolute Gasteiger partial charge is 0.352 e. The lowest BCUT2D eigenvalue weighted by Crippen LogP contribution is -2.32. The van der Waals surface area contributed by atoms with Gasteiger partial charge < -0.3 is 10.6 Å². The van der Waals surface area contributed by atoms with E-state index in [-0.39, 0.29) is 11.8 Å². The van der Waals surface area contributed by atoms with Gasteiger partial charge in [-0.15, -0.1) is 0 Å². The summed E-state index contributed by atoms with van der Waals surface area (Å²) in [6, 6.07) is 7.38. The normalized spacial score (nSPS) is 15.9. The van der Waals surface area contributed by atoms with E-state index in [2.05, 4.69) is 16.7 Å². The molecule has 5 heteroatoms. The Morgan fingerprint density at radius 2 is 2.00 bits per heavy atom. The van der Waals surface area contributed by atoms with E-state index in [0.717, 1.165) is 18.4 Å². The van der Waals surface area contributed by atoms with Gasteiger partial charge in [0.25, 0.3) is 5.91 Å². The maximum atomic E-state index is 12.5. The zero-order chi connectivity index (χ0) is 16.2. The SMILES string of the molecule is CCNC(=O)c1ccc(C)c(NC(=O)C2(C#N)CCCC2)c1. The summed E-state index contributed by atoms with van der Waals surface area (Å²) in [5, 5.41) is 14.9. The molecule has 0 aliphatic heterocycles. The van der Waals surface area contributed by atoms with Crippen LogP contribution in [0, 0.1) is 23.7 Å². The number of carbonyl (C=O) groups is 2. The van der Waals surface area contributed by atoms with Crippen molar-refractivity contribution in [1.29, 1.82) is 5.26 Å². The Balaban J connectivity index is 2.22. The molecule has 1 aliphatic rings. The van der Waals surface area contributed by atoms with E-state index in [1.165, 1.54) is 0 Å². The summed E-state index contributed by atoms with van der Waals surface area (Å²) in [7, 11) is 0. The van der Waals surface area contributed by atoms with Crippen LogP contribution in [0.25, 0.3) is 0 Å². The molecule has 0 spiro atoms. The molecule has 0 aromatic heterocycles. The molecular formula is C17H21N3O2. The molecular weight excluding hydrogens is 278 g/mol. The summed E-state index contributed by atoms with van der Waals surface area (Å²) in [5.74, 6) is -0.433. The number of benzene rings is 1. The van der Waals surface area contributed by atoms with Gasteiger partial charge in [0.05, 0.1) is 6.07 Å². The number of anilines is 1. The second-order valence-electron chi connectivity index (χ2n) is 5.74. The predicted octanol–water partition coefficient (Wildman–Crippen LogP) is 2.77. The Morgan fingerprint density at radius 3 is 2.59 bits per heavy atom. The molecule has 0 unspecified atom stereocenters. The van der Waals surface area contributed by atoms with Crippen molar-refractivity contribution in [2.45, 2.75) is 39.5 Å². The van der Waals surface area contributed by atoms with Crippen LogP contribution in [0.4, 0.5) is 5.69 Å². The highest BCUT2D eigenvalue weighted by Crippen LogP contribution is 2.38. The van der Waals surface area contributed by atoms with Gasteiger partial charge >= 0.3 is 0 Å². The Kier molecular flexibility index (Phi) is 4.81. The van der Waals surface area contributed by atoms with E-state index >= 15 is 0 Å². The molecule has 5 nitrogen and oxygen atoms in total. The predicted molar refractivity (Wildman–Crippen MR) is 84.3 cm³/mol. The van der Waals surface area contributed by atoms with Crippen LogP contribution in [-0.2, 0) is 4.79 Å². The van der Waals surface area contributed by atoms with Crippen LogP contribution in [-0.4, -0.2) is 18.4 Å². The summed E-state index contributed by atoms with van der Waals surface area (Å²) in [4.78, 5) is 24.4. The maximum Gasteiger partial charge on any atom is 0.251 e. The van der Waals surface area contributed by atoms with Crippen molar-refractivity contribution in [2.75, 3.05) is 11.9 Å². The highest BCUT2D eigenvalue weighted by atomic mass is 16.2. The molecule has 0 atom stereocenters. The van der Waals surface area contributed by atoms with Crippen LogP contribution in [0.1, 0.15) is 48.5 Å². The highest BCUT2D eigenvalue weighted by molar-refractivity contribution is 6.00. The second kappa shape index (κ2) is 6.61. The van der Waals surface area contributed by atoms with Crippen LogP contribution in [0.5, 0.6) is 0 Å². The second-order valence-corrected chi connectivity index (χ2v) is 5.74. The zero-order valence-electron chi connectivity index (χ0n) is 13.0. The summed E-state index contributed by atoms with van der Waals surface area (Å²) in [6.45, 7) is 4.27. The quantitative estimate of drug-likeness (QED) is 0.897. The van der Waals surface area contributed by atoms with E-state index in [1.54, 1.807) is 18.2 Å². The van der Waals surface area contributed by atoms with Crippen molar-refractivity contribution < 1.29 is 9.59 Å². The van der Waals surface area contributed by atoms with Gasteiger partial charge in [-0.3, -0.25) is 9.59 Å². The van der Waals surface area contributed by atoms with Crippen molar-refractivity contribution >= 4 is 17.5 Å². The number of carbonyl (C=O) groups excluding carboxylic acids is 2. The molecule has 1 aromatic rings. The molecule has 1 saturated carbocycles. The van der Waals surface area contributed by atoms with E-state index in [4.69, 9.17) is 0 Å². The number of aryl methyl sites for hydroxylation is 1. The van der Waals surface area contributed by atoms with Crippen molar-refractivity contribution in [3.05, 3.63) is 29.3 Å². The first-order valence-corrected chi connectivity index (χ1v) is 7.64. The molecule has 0 radical (unpaired) electrons. The first-order chi connectivity index (χ1) is 10.5. The van der Waals surface area contributed by atoms with Gasteiger partial charge in [0.1, 0.15) is 5.41 Å². The molecule has 2 amide bonds. The third-order valence-electron chi connectivity index (χ3n) is 4.19. The fourth-order valence-electron chi connectivity index (χ4n) is 2.77. The third-order valence-corrected chi connectivity index (χ3v) is 4.19. The average molecular weight is 299 g/mol. The minimum Gasteiger partial charge on any atom is -0.352 e. The van der Waals surface area contributed by atoms with Gasteiger partial charge in [0.15, 0.2) is 0 Å². The molecule has 116 valence electrons. The molecule has 2 rings (SSSR count). The zero-order valence-corrected chi connectivity index (χ0v) is 13.0. The van der Waals surface area contributed by atoms with E-state index < -0.39 is 5.41 Å². The Morgan fingerprint density at radius 1 is 1.32 bits per heavy atom. The molecule has 0 bridgehead atoms. The smallest absolute Gasteiger partial charge is 0.251 e. The lowest BCUT2D eigenvalue weighted by atomic mass is 9.87. The van der Waals surface area contributed by atoms with Gasteiger partial charge in [-0.2, -0.15) is 5.26 Å². The summed E-state index contributed by atoms with van der Waals surface area (Å²) < 4.78 is 0. The third kappa shape index (κ3) is 3.11. The summed E-state index contributed by atoms with van der Waals surface area (Å²) in [5.41, 5.74) is 1.04. The number of nitriles is 1. The number of hydrogen-bond acceptors (Lipinski definition) is 3. The van der Waals surface area contributed by atoms with Crippen LogP contribution in [0.15, 0.2) is 18.2 Å². The fourth-order valence-corrected chi connectivity index (χ4v) is 2.77. The van der Waals surface area contributed by atoms with Gasteiger partial charge in [0, 0.05) is 17.8 Å². The number of rotatable bonds is 4. The number of nitrogens with one attached hydrogen (secondary N) is 2. The van der Waals surface area contributed by atoms with Crippen molar-refractivity contribution in [2.24, 2.45) is 5.41 Å². The summed E-state index contributed by atoms with van der Waals surface area (Å²) in [6.07, 6.45) is 3.01. The topological polar surface area (TPSA) is 82.0 Å². The van der Waals surface area contributed by atoms with Crippen molar-refractivity contribution in [3.8, 4) is 6.07 Å². The lowest BCUT2D eigenvalue weighted by Gasteiger charge is -2.20. The van der Waals surface area contributed by atoms with Crippen LogP contribution >= 0.6 is 0 Å². The van der Waals surface area contributed by atoms with Gasteiger partial charge in [-0.1, -0.05) is 18.9 Å². The minimum absolute atomic E-state index is 0.172. The van der Waals surface area contributed by atoms with E-state index in [9.17, 15) is 14.9 Å². The molecule has 22 heavy (non-hydrogen) atoms. The Hall–Kier alpha value is -2.35. The summed E-state index contributed by atoms with van der Waals surface area (Å²) >= 11 is 0. The highest BCUT2D eigenvalue weighted by Gasteiger charge is 2.41. The Labute approximate surface area is 130 Å². The first kappa shape index (κ1) is 16.0. The molecule has 1 aromatic carbocycles. The molecule has 1 fully saturated rings. The van der Waals surface area contributed by atoms with Gasteiger partial charge in [-0.25, -0.2) is 0 Å². The molecule has 0 heterocycles. The molecule has 1 aliphatic carbocycles. The number of nitrogens with zero attached hydrogens (tertiary/aromatic N) is 1. The number of amides is 2. The van der Waals surface area contributed by atoms with Gasteiger partial charge in [0.2, 0.25) is 5.91 Å². The minimum atomic E-state index is -0.922. The van der Waals surface area contributed by atoms with Crippen LogP contribution in [0.3, 0.4) is 0 Å². The average Bonchev–Trinajstić information content (AvgIpc) is 3.00. The lowest BCUT2D eigenvalue weighted by molar-refractivity contribution is -0.122. The van der Waals surface area contributed by atoms with Gasteiger partial charge in [-0.05, 0) is 44.4 Å². The standard InChI is InChI=1S/C17H21N3O2/c1-3-19-15(21)13-7-6-12(2)14(10-13)20-16(22)17(11-18)8-4-5-9-17/h6-7,10H,3-5,8-9H2,1-2H3,(H,19,21)(H,20,22). The van der Waals surface area contributed by atoms with Crippen molar-refractivity contribution in [3.63, 3.8) is 0 Å². The fraction of sp³-hybridized carbons (Fsp3) is 0.471. The van der Waals surface area contributed by atoms with Crippen molar-refractivity contribution in [1.82, 2.24) is 5.32 Å². The Bertz CT molecular complexity index is 625. The van der Waals surface area contributed by atoms with E-state index in [0.29, 0.717) is 30.6 Å². The maximum absolute atomic E-state index is 12.5. The van der Waals surface area contributed by atoms with Crippen LogP contribution in [0.2, 0.25) is 0 Å². The van der Waals surface area contributed by atoms with E-state index in [1.807, 2.05) is 13.8 Å². The number of hydrogen-bond donors (Lipinski definition) is 2.